The van der Waals surface area contributed by atoms with E-state index in [0.29, 0.717) is 6.04 Å². The third-order valence-corrected chi connectivity index (χ3v) is 4.24. The summed E-state index contributed by atoms with van der Waals surface area (Å²) in [5.74, 6) is -1.26. The van der Waals surface area contributed by atoms with Crippen molar-refractivity contribution >= 4 is 17.3 Å². The summed E-state index contributed by atoms with van der Waals surface area (Å²) >= 11 is 5.90. The average Bonchev–Trinajstić information content (AvgIpc) is 2.86. The zero-order valence-electron chi connectivity index (χ0n) is 9.93. The van der Waals surface area contributed by atoms with E-state index in [0.717, 1.165) is 38.1 Å². The standard InChI is InChI=1S/C13H15ClF2N2/c14-9-6-8(15)7-10(16)13(9)17-11-3-5-18-4-1-2-12(11)18/h6-7,11-12,17H,1-5H2. The molecule has 2 atom stereocenters. The van der Waals surface area contributed by atoms with E-state index in [-0.39, 0.29) is 16.8 Å². The Morgan fingerprint density at radius 3 is 2.83 bits per heavy atom. The molecule has 0 radical (unpaired) electrons. The Morgan fingerprint density at radius 2 is 2.06 bits per heavy atom. The molecule has 18 heavy (non-hydrogen) atoms. The lowest BCUT2D eigenvalue weighted by molar-refractivity contribution is 0.318. The molecule has 0 aliphatic carbocycles. The van der Waals surface area contributed by atoms with Gasteiger partial charge in [0, 0.05) is 24.7 Å². The van der Waals surface area contributed by atoms with Gasteiger partial charge in [0.05, 0.1) is 10.7 Å². The molecule has 2 fully saturated rings. The van der Waals surface area contributed by atoms with Crippen LogP contribution < -0.4 is 5.32 Å². The zero-order valence-corrected chi connectivity index (χ0v) is 10.7. The van der Waals surface area contributed by atoms with Gasteiger partial charge in [-0.25, -0.2) is 8.78 Å². The number of fused-ring (bicyclic) bond motifs is 1. The predicted molar refractivity (Wildman–Crippen MR) is 68.0 cm³/mol. The van der Waals surface area contributed by atoms with Gasteiger partial charge in [-0.05, 0) is 31.9 Å². The third-order valence-electron chi connectivity index (χ3n) is 3.94. The highest BCUT2D eigenvalue weighted by molar-refractivity contribution is 6.33. The zero-order chi connectivity index (χ0) is 12.7. The molecule has 0 bridgehead atoms. The highest BCUT2D eigenvalue weighted by Gasteiger charge is 2.37. The van der Waals surface area contributed by atoms with Gasteiger partial charge >= 0.3 is 0 Å². The van der Waals surface area contributed by atoms with Gasteiger partial charge in [0.15, 0.2) is 5.82 Å². The second-order valence-corrected chi connectivity index (χ2v) is 5.44. The highest BCUT2D eigenvalue weighted by atomic mass is 35.5. The molecule has 5 heteroatoms. The fourth-order valence-corrected chi connectivity index (χ4v) is 3.37. The molecule has 0 spiro atoms. The van der Waals surface area contributed by atoms with Gasteiger partial charge in [-0.15, -0.1) is 0 Å². The van der Waals surface area contributed by atoms with Crippen LogP contribution in [0.15, 0.2) is 12.1 Å². The van der Waals surface area contributed by atoms with Crippen LogP contribution in [0.3, 0.4) is 0 Å². The topological polar surface area (TPSA) is 15.3 Å². The van der Waals surface area contributed by atoms with Crippen molar-refractivity contribution < 1.29 is 8.78 Å². The van der Waals surface area contributed by atoms with Crippen LogP contribution in [-0.2, 0) is 0 Å². The van der Waals surface area contributed by atoms with Crippen LogP contribution in [0.4, 0.5) is 14.5 Å². The van der Waals surface area contributed by atoms with E-state index in [1.54, 1.807) is 0 Å². The lowest BCUT2D eigenvalue weighted by Crippen LogP contribution is -2.34. The maximum absolute atomic E-state index is 13.7. The molecule has 1 N–H and O–H groups in total. The summed E-state index contributed by atoms with van der Waals surface area (Å²) in [6.07, 6.45) is 3.32. The van der Waals surface area contributed by atoms with Crippen LogP contribution in [-0.4, -0.2) is 30.1 Å². The van der Waals surface area contributed by atoms with Crippen LogP contribution in [0.1, 0.15) is 19.3 Å². The second kappa shape index (κ2) is 4.67. The number of hydrogen-bond acceptors (Lipinski definition) is 2. The van der Waals surface area contributed by atoms with Gasteiger partial charge in [0.2, 0.25) is 0 Å². The normalized spacial score (nSPS) is 27.5. The van der Waals surface area contributed by atoms with Gasteiger partial charge in [0.1, 0.15) is 5.82 Å². The van der Waals surface area contributed by atoms with Crippen molar-refractivity contribution in [2.45, 2.75) is 31.3 Å². The molecular weight excluding hydrogens is 258 g/mol. The molecule has 2 aliphatic heterocycles. The Kier molecular flexibility index (Phi) is 3.16. The summed E-state index contributed by atoms with van der Waals surface area (Å²) in [5.41, 5.74) is 0.233. The Bertz CT molecular complexity index is 443. The molecule has 2 unspecified atom stereocenters. The average molecular weight is 273 g/mol. The summed E-state index contributed by atoms with van der Waals surface area (Å²) in [6, 6.07) is 2.69. The summed E-state index contributed by atoms with van der Waals surface area (Å²) in [5, 5.41) is 3.28. The number of halogens is 3. The SMILES string of the molecule is Fc1cc(F)c(NC2CCN3CCCC23)c(Cl)c1. The fraction of sp³-hybridized carbons (Fsp3) is 0.538. The minimum absolute atomic E-state index is 0.115. The monoisotopic (exact) mass is 272 g/mol. The molecule has 0 amide bonds. The van der Waals surface area contributed by atoms with Crippen molar-refractivity contribution in [3.63, 3.8) is 0 Å². The van der Waals surface area contributed by atoms with Crippen molar-refractivity contribution in [3.8, 4) is 0 Å². The maximum Gasteiger partial charge on any atom is 0.150 e. The quantitative estimate of drug-likeness (QED) is 0.889. The van der Waals surface area contributed by atoms with Crippen LogP contribution in [0, 0.1) is 11.6 Å². The smallest absolute Gasteiger partial charge is 0.150 e. The highest BCUT2D eigenvalue weighted by Crippen LogP contribution is 2.33. The first-order valence-corrected chi connectivity index (χ1v) is 6.68. The van der Waals surface area contributed by atoms with E-state index in [9.17, 15) is 8.78 Å². The molecule has 2 heterocycles. The van der Waals surface area contributed by atoms with E-state index in [4.69, 9.17) is 11.6 Å². The van der Waals surface area contributed by atoms with Crippen molar-refractivity contribution in [2.75, 3.05) is 18.4 Å². The van der Waals surface area contributed by atoms with Gasteiger partial charge in [-0.1, -0.05) is 11.6 Å². The number of nitrogens with zero attached hydrogens (tertiary/aromatic N) is 1. The lowest BCUT2D eigenvalue weighted by Gasteiger charge is -2.23. The summed E-state index contributed by atoms with van der Waals surface area (Å²) in [7, 11) is 0. The summed E-state index contributed by atoms with van der Waals surface area (Å²) < 4.78 is 26.7. The van der Waals surface area contributed by atoms with Gasteiger partial charge < -0.3 is 5.32 Å². The molecule has 98 valence electrons. The van der Waals surface area contributed by atoms with Crippen molar-refractivity contribution in [1.29, 1.82) is 0 Å². The Morgan fingerprint density at radius 1 is 1.22 bits per heavy atom. The second-order valence-electron chi connectivity index (χ2n) is 5.03. The van der Waals surface area contributed by atoms with E-state index < -0.39 is 11.6 Å². The van der Waals surface area contributed by atoms with E-state index in [1.807, 2.05) is 0 Å². The largest absolute Gasteiger partial charge is 0.377 e. The van der Waals surface area contributed by atoms with Crippen LogP contribution in [0.2, 0.25) is 5.02 Å². The number of benzene rings is 1. The maximum atomic E-state index is 13.7. The Hall–Kier alpha value is -0.870. The first-order valence-electron chi connectivity index (χ1n) is 6.30. The lowest BCUT2D eigenvalue weighted by atomic mass is 10.1. The molecule has 2 aliphatic rings. The minimum atomic E-state index is -0.642. The predicted octanol–water partition coefficient (Wildman–Crippen LogP) is 3.27. The van der Waals surface area contributed by atoms with Crippen LogP contribution in [0.25, 0.3) is 0 Å². The van der Waals surface area contributed by atoms with Gasteiger partial charge in [-0.2, -0.15) is 0 Å². The first kappa shape index (κ1) is 12.2. The van der Waals surface area contributed by atoms with Crippen LogP contribution >= 0.6 is 11.6 Å². The number of nitrogens with one attached hydrogen (secondary N) is 1. The summed E-state index contributed by atoms with van der Waals surface area (Å²) in [4.78, 5) is 2.42. The van der Waals surface area contributed by atoms with E-state index >= 15 is 0 Å². The van der Waals surface area contributed by atoms with Crippen molar-refractivity contribution in [3.05, 3.63) is 28.8 Å². The fourth-order valence-electron chi connectivity index (χ4n) is 3.12. The van der Waals surface area contributed by atoms with Gasteiger partial charge in [0.25, 0.3) is 0 Å². The van der Waals surface area contributed by atoms with Crippen molar-refractivity contribution in [1.82, 2.24) is 4.90 Å². The third kappa shape index (κ3) is 2.08. The molecule has 2 nitrogen and oxygen atoms in total. The minimum Gasteiger partial charge on any atom is -0.377 e. The number of rotatable bonds is 2. The van der Waals surface area contributed by atoms with E-state index in [1.165, 1.54) is 6.42 Å². The number of anilines is 1. The molecule has 1 aromatic carbocycles. The molecule has 0 saturated carbocycles. The molecule has 1 aromatic rings. The number of hydrogen-bond donors (Lipinski definition) is 1. The van der Waals surface area contributed by atoms with Gasteiger partial charge in [-0.3, -0.25) is 4.90 Å². The Balaban J connectivity index is 1.81. The summed E-state index contributed by atoms with van der Waals surface area (Å²) in [6.45, 7) is 2.17. The van der Waals surface area contributed by atoms with E-state index in [2.05, 4.69) is 10.2 Å². The molecule has 2 saturated heterocycles. The molecular formula is C13H15ClF2N2. The molecule has 3 rings (SSSR count). The Labute approximate surface area is 110 Å². The van der Waals surface area contributed by atoms with Crippen molar-refractivity contribution in [2.24, 2.45) is 0 Å². The van der Waals surface area contributed by atoms with Crippen LogP contribution in [0.5, 0.6) is 0 Å². The molecule has 0 aromatic heterocycles. The first-order chi connectivity index (χ1) is 8.65.